The molecule has 0 atom stereocenters. The molecule has 2 aromatic rings. The van der Waals surface area contributed by atoms with Crippen LogP contribution in [0.3, 0.4) is 0 Å². The molecule has 1 aromatic carbocycles. The number of aryl methyl sites for hydroxylation is 1. The molecule has 3 heterocycles. The number of aromatic nitrogens is 5. The number of H-pyrrole nitrogens is 1. The Bertz CT molecular complexity index is 1130. The summed E-state index contributed by atoms with van der Waals surface area (Å²) in [5.41, 5.74) is 2.89. The standard InChI is InChI=1S/C19H16ClN5O2/c1-12-16(8-15(26)10-24-7-6-21-11-24)18-17(9-22-12)19(27)25(23-18)14-4-2-13(20)3-5-14/h2-7,9,11,22H,8,10H2,1H3. The molecule has 0 unspecified atom stereocenters. The molecule has 0 saturated carbocycles. The summed E-state index contributed by atoms with van der Waals surface area (Å²) in [4.78, 5) is 32.3. The summed E-state index contributed by atoms with van der Waals surface area (Å²) in [6.07, 6.45) is 6.78. The highest BCUT2D eigenvalue weighted by atomic mass is 35.5. The van der Waals surface area contributed by atoms with Crippen molar-refractivity contribution in [1.82, 2.24) is 24.3 Å². The Morgan fingerprint density at radius 1 is 1.26 bits per heavy atom. The van der Waals surface area contributed by atoms with Gasteiger partial charge in [-0.3, -0.25) is 9.59 Å². The van der Waals surface area contributed by atoms with Crippen molar-refractivity contribution < 1.29 is 4.79 Å². The Hall–Kier alpha value is -3.19. The first kappa shape index (κ1) is 17.2. The fourth-order valence-electron chi connectivity index (χ4n) is 3.02. The molecule has 0 saturated heterocycles. The molecule has 0 amide bonds. The van der Waals surface area contributed by atoms with Gasteiger partial charge in [0.25, 0.3) is 5.56 Å². The average Bonchev–Trinajstić information content (AvgIpc) is 3.26. The van der Waals surface area contributed by atoms with Crippen molar-refractivity contribution in [2.24, 2.45) is 0 Å². The minimum Gasteiger partial charge on any atom is -0.364 e. The highest BCUT2D eigenvalue weighted by Crippen LogP contribution is 2.24. The number of pyridine rings is 1. The maximum Gasteiger partial charge on any atom is 0.282 e. The molecule has 27 heavy (non-hydrogen) atoms. The van der Waals surface area contributed by atoms with Gasteiger partial charge in [-0.05, 0) is 31.2 Å². The van der Waals surface area contributed by atoms with Crippen molar-refractivity contribution in [1.29, 1.82) is 0 Å². The summed E-state index contributed by atoms with van der Waals surface area (Å²) in [5, 5.41) is 5.07. The second kappa shape index (κ2) is 6.85. The Morgan fingerprint density at radius 2 is 2.04 bits per heavy atom. The lowest BCUT2D eigenvalue weighted by Crippen LogP contribution is -2.15. The summed E-state index contributed by atoms with van der Waals surface area (Å²) < 4.78 is 3.05. The van der Waals surface area contributed by atoms with Crippen molar-refractivity contribution in [2.75, 3.05) is 0 Å². The number of hydrogen-bond donors (Lipinski definition) is 1. The minimum absolute atomic E-state index is 0.00509. The van der Waals surface area contributed by atoms with E-state index in [0.717, 1.165) is 11.3 Å². The number of hydrogen-bond acceptors (Lipinski definition) is 4. The third-order valence-corrected chi connectivity index (χ3v) is 4.66. The van der Waals surface area contributed by atoms with E-state index < -0.39 is 0 Å². The van der Waals surface area contributed by atoms with E-state index >= 15 is 0 Å². The quantitative estimate of drug-likeness (QED) is 0.575. The fraction of sp³-hybridized carbons (Fsp3) is 0.158. The first-order valence-corrected chi connectivity index (χ1v) is 8.74. The minimum atomic E-state index is -0.244. The maximum atomic E-state index is 12.8. The molecule has 0 radical (unpaired) electrons. The molecule has 2 aliphatic rings. The van der Waals surface area contributed by atoms with E-state index in [1.54, 1.807) is 53.8 Å². The summed E-state index contributed by atoms with van der Waals surface area (Å²) in [7, 11) is 0. The second-order valence-electron chi connectivity index (χ2n) is 6.30. The van der Waals surface area contributed by atoms with Crippen LogP contribution in [-0.4, -0.2) is 30.1 Å². The molecule has 1 N–H and O–H groups in total. The molecule has 0 bridgehead atoms. The van der Waals surface area contributed by atoms with E-state index in [9.17, 15) is 9.59 Å². The SMILES string of the molecule is Cc1[nH]cc2c(=O)n(-c3ccc(Cl)cc3)nc-2c1CC(=O)Cn1ccnc1. The van der Waals surface area contributed by atoms with Gasteiger partial charge < -0.3 is 9.55 Å². The van der Waals surface area contributed by atoms with Crippen LogP contribution in [0.4, 0.5) is 0 Å². The Kier molecular flexibility index (Phi) is 4.37. The van der Waals surface area contributed by atoms with Crippen LogP contribution in [0.25, 0.3) is 16.9 Å². The van der Waals surface area contributed by atoms with Gasteiger partial charge in [0.1, 0.15) is 5.69 Å². The predicted octanol–water partition coefficient (Wildman–Crippen LogP) is 2.64. The number of ketones is 1. The summed E-state index contributed by atoms with van der Waals surface area (Å²) in [5.74, 6) is 0.00509. The van der Waals surface area contributed by atoms with E-state index in [4.69, 9.17) is 11.6 Å². The smallest absolute Gasteiger partial charge is 0.282 e. The van der Waals surface area contributed by atoms with Gasteiger partial charge in [0.05, 0.1) is 24.1 Å². The fourth-order valence-corrected chi connectivity index (χ4v) is 3.15. The van der Waals surface area contributed by atoms with E-state index in [2.05, 4.69) is 15.1 Å². The number of fused-ring (bicyclic) bond motifs is 1. The number of nitrogens with one attached hydrogen (secondary N) is 1. The van der Waals surface area contributed by atoms with Crippen LogP contribution in [0.5, 0.6) is 0 Å². The summed E-state index contributed by atoms with van der Waals surface area (Å²) in [6, 6.07) is 6.87. The number of imidazole rings is 1. The van der Waals surface area contributed by atoms with Crippen molar-refractivity contribution in [3.63, 3.8) is 0 Å². The number of Topliss-reactive ketones (excluding diaryl/α,β-unsaturated/α-hetero) is 1. The van der Waals surface area contributed by atoms with E-state index in [1.165, 1.54) is 4.68 Å². The molecule has 4 rings (SSSR count). The normalized spacial score (nSPS) is 11.2. The number of nitrogens with zero attached hydrogens (tertiary/aromatic N) is 4. The molecule has 1 aromatic heterocycles. The number of rotatable bonds is 5. The third kappa shape index (κ3) is 3.29. The Morgan fingerprint density at radius 3 is 2.74 bits per heavy atom. The zero-order chi connectivity index (χ0) is 19.0. The molecule has 8 heteroatoms. The van der Waals surface area contributed by atoms with Crippen molar-refractivity contribution in [3.8, 4) is 16.9 Å². The molecule has 0 spiro atoms. The molecular formula is C19H16ClN5O2. The lowest BCUT2D eigenvalue weighted by molar-refractivity contribution is -0.119. The van der Waals surface area contributed by atoms with Crippen LogP contribution in [-0.2, 0) is 17.8 Å². The van der Waals surface area contributed by atoms with E-state index in [-0.39, 0.29) is 24.3 Å². The van der Waals surface area contributed by atoms with Gasteiger partial charge >= 0.3 is 0 Å². The molecule has 7 nitrogen and oxygen atoms in total. The Balaban J connectivity index is 1.73. The first-order chi connectivity index (χ1) is 13.0. The topological polar surface area (TPSA) is 85.6 Å². The highest BCUT2D eigenvalue weighted by Gasteiger charge is 2.22. The first-order valence-electron chi connectivity index (χ1n) is 8.36. The third-order valence-electron chi connectivity index (χ3n) is 4.41. The monoisotopic (exact) mass is 381 g/mol. The lowest BCUT2D eigenvalue weighted by atomic mass is 10.0. The summed E-state index contributed by atoms with van der Waals surface area (Å²) >= 11 is 5.92. The van der Waals surface area contributed by atoms with Gasteiger partial charge in [0.15, 0.2) is 5.78 Å². The average molecular weight is 382 g/mol. The number of carbonyl (C=O) groups excluding carboxylic acids is 1. The van der Waals surface area contributed by atoms with E-state index in [0.29, 0.717) is 22.0 Å². The van der Waals surface area contributed by atoms with Gasteiger partial charge in [-0.2, -0.15) is 9.78 Å². The zero-order valence-corrected chi connectivity index (χ0v) is 15.3. The predicted molar refractivity (Wildman–Crippen MR) is 101 cm³/mol. The number of carbonyl (C=O) groups is 1. The highest BCUT2D eigenvalue weighted by molar-refractivity contribution is 6.30. The molecule has 0 fully saturated rings. The largest absolute Gasteiger partial charge is 0.364 e. The maximum absolute atomic E-state index is 12.8. The van der Waals surface area contributed by atoms with E-state index in [1.807, 2.05) is 6.92 Å². The molecule has 2 aliphatic heterocycles. The lowest BCUT2D eigenvalue weighted by Gasteiger charge is -2.09. The Labute approximate surface area is 159 Å². The molecule has 136 valence electrons. The van der Waals surface area contributed by atoms with Gasteiger partial charge in [-0.15, -0.1) is 0 Å². The van der Waals surface area contributed by atoms with Gasteiger partial charge in [-0.25, -0.2) is 4.98 Å². The van der Waals surface area contributed by atoms with Crippen LogP contribution in [0.15, 0.2) is 54.0 Å². The van der Waals surface area contributed by atoms with Crippen molar-refractivity contribution in [2.45, 2.75) is 19.9 Å². The van der Waals surface area contributed by atoms with Crippen LogP contribution in [0.1, 0.15) is 11.3 Å². The van der Waals surface area contributed by atoms with Crippen molar-refractivity contribution in [3.05, 3.63) is 75.8 Å². The van der Waals surface area contributed by atoms with Crippen LogP contribution >= 0.6 is 11.6 Å². The molecule has 0 aliphatic carbocycles. The van der Waals surface area contributed by atoms with Gasteiger partial charge in [-0.1, -0.05) is 11.6 Å². The van der Waals surface area contributed by atoms with Gasteiger partial charge in [0, 0.05) is 41.3 Å². The zero-order valence-electron chi connectivity index (χ0n) is 14.5. The van der Waals surface area contributed by atoms with Gasteiger partial charge in [0.2, 0.25) is 0 Å². The number of aromatic amines is 1. The van der Waals surface area contributed by atoms with Crippen LogP contribution < -0.4 is 5.56 Å². The molecular weight excluding hydrogens is 366 g/mol. The number of halogens is 1. The second-order valence-corrected chi connectivity index (χ2v) is 6.73. The van der Waals surface area contributed by atoms with Crippen LogP contribution in [0, 0.1) is 6.92 Å². The number of benzene rings is 1. The van der Waals surface area contributed by atoms with Crippen LogP contribution in [0.2, 0.25) is 5.02 Å². The van der Waals surface area contributed by atoms with Crippen molar-refractivity contribution >= 4 is 17.4 Å². The summed E-state index contributed by atoms with van der Waals surface area (Å²) in [6.45, 7) is 2.09.